The van der Waals surface area contributed by atoms with E-state index in [4.69, 9.17) is 10.00 Å². The van der Waals surface area contributed by atoms with Crippen LogP contribution in [-0.2, 0) is 16.1 Å². The van der Waals surface area contributed by atoms with E-state index in [1.165, 1.54) is 0 Å². The van der Waals surface area contributed by atoms with Crippen LogP contribution in [-0.4, -0.2) is 59.6 Å². The van der Waals surface area contributed by atoms with E-state index in [0.29, 0.717) is 12.1 Å². The Morgan fingerprint density at radius 1 is 1.26 bits per heavy atom. The van der Waals surface area contributed by atoms with Gasteiger partial charge in [-0.2, -0.15) is 5.26 Å². The first kappa shape index (κ1) is 20.7. The highest BCUT2D eigenvalue weighted by atomic mass is 16.6. The number of ether oxygens (including phenoxy) is 1. The van der Waals surface area contributed by atoms with Crippen LogP contribution >= 0.6 is 0 Å². The summed E-state index contributed by atoms with van der Waals surface area (Å²) in [7, 11) is 0. The lowest BCUT2D eigenvalue weighted by molar-refractivity contribution is -0.134. The highest BCUT2D eigenvalue weighted by Gasteiger charge is 2.27. The average Bonchev–Trinajstić information content (AvgIpc) is 2.59. The van der Waals surface area contributed by atoms with Crippen LogP contribution < -0.4 is 5.32 Å². The molecule has 1 fully saturated rings. The molecule has 27 heavy (non-hydrogen) atoms. The van der Waals surface area contributed by atoms with Gasteiger partial charge in [0.05, 0.1) is 11.6 Å². The van der Waals surface area contributed by atoms with E-state index in [1.54, 1.807) is 25.7 Å². The molecule has 1 aliphatic heterocycles. The van der Waals surface area contributed by atoms with Crippen molar-refractivity contribution in [2.45, 2.75) is 45.9 Å². The Labute approximate surface area is 160 Å². The summed E-state index contributed by atoms with van der Waals surface area (Å²) in [5, 5.41) is 11.4. The molecule has 1 aromatic rings. The molecule has 2 rings (SSSR count). The third-order valence-electron chi connectivity index (χ3n) is 4.30. The predicted octanol–water partition coefficient (Wildman–Crippen LogP) is 2.12. The zero-order chi connectivity index (χ0) is 20.0. The molecule has 0 aromatic heterocycles. The van der Waals surface area contributed by atoms with Crippen molar-refractivity contribution in [3.05, 3.63) is 35.4 Å². The van der Waals surface area contributed by atoms with Crippen molar-refractivity contribution < 1.29 is 14.3 Å². The fraction of sp³-hybridized carbons (Fsp3) is 0.550. The van der Waals surface area contributed by atoms with Crippen molar-refractivity contribution >= 4 is 12.0 Å². The summed E-state index contributed by atoms with van der Waals surface area (Å²) in [5.74, 6) is -0.105. The van der Waals surface area contributed by atoms with E-state index < -0.39 is 11.7 Å². The minimum absolute atomic E-state index is 0.0602. The minimum Gasteiger partial charge on any atom is -0.444 e. The fourth-order valence-electron chi connectivity index (χ4n) is 3.05. The molecule has 1 aliphatic rings. The normalized spacial score (nSPS) is 17.9. The summed E-state index contributed by atoms with van der Waals surface area (Å²) in [4.78, 5) is 28.2. The number of rotatable bonds is 4. The summed E-state index contributed by atoms with van der Waals surface area (Å²) >= 11 is 0. The average molecular weight is 372 g/mol. The van der Waals surface area contributed by atoms with Gasteiger partial charge in [0, 0.05) is 32.2 Å². The Kier molecular flexibility index (Phi) is 6.81. The molecule has 0 unspecified atom stereocenters. The van der Waals surface area contributed by atoms with E-state index in [0.717, 1.165) is 25.2 Å². The van der Waals surface area contributed by atoms with Gasteiger partial charge in [-0.3, -0.25) is 9.69 Å². The Morgan fingerprint density at radius 2 is 1.93 bits per heavy atom. The Bertz CT molecular complexity index is 703. The summed E-state index contributed by atoms with van der Waals surface area (Å²) in [6, 6.07) is 9.75. The zero-order valence-electron chi connectivity index (χ0n) is 16.5. The second-order valence-electron chi connectivity index (χ2n) is 7.84. The van der Waals surface area contributed by atoms with Gasteiger partial charge in [0.2, 0.25) is 5.91 Å². The van der Waals surface area contributed by atoms with Crippen molar-refractivity contribution in [1.29, 1.82) is 5.26 Å². The van der Waals surface area contributed by atoms with Gasteiger partial charge in [0.25, 0.3) is 0 Å². The standard InChI is InChI=1S/C20H28N4O3/c1-15-13-23(14-17-7-5-16(11-21)6-8-17)9-10-24(15)18(25)12-22-19(26)27-20(2,3)4/h5-8,15H,9-10,12-14H2,1-4H3,(H,22,26)/t15-/m1/s1. The van der Waals surface area contributed by atoms with Crippen molar-refractivity contribution in [1.82, 2.24) is 15.1 Å². The van der Waals surface area contributed by atoms with E-state index in [-0.39, 0.29) is 18.5 Å². The quantitative estimate of drug-likeness (QED) is 0.875. The molecule has 1 heterocycles. The van der Waals surface area contributed by atoms with Crippen LogP contribution in [0.15, 0.2) is 24.3 Å². The number of nitrogens with zero attached hydrogens (tertiary/aromatic N) is 3. The van der Waals surface area contributed by atoms with Crippen molar-refractivity contribution in [2.75, 3.05) is 26.2 Å². The molecular weight excluding hydrogens is 344 g/mol. The summed E-state index contributed by atoms with van der Waals surface area (Å²) in [5.41, 5.74) is 1.21. The molecule has 0 saturated carbocycles. The van der Waals surface area contributed by atoms with Crippen LogP contribution in [0.2, 0.25) is 0 Å². The molecule has 0 bridgehead atoms. The molecule has 7 heteroatoms. The lowest BCUT2D eigenvalue weighted by atomic mass is 10.1. The van der Waals surface area contributed by atoms with Gasteiger partial charge < -0.3 is 15.0 Å². The van der Waals surface area contributed by atoms with Gasteiger partial charge in [-0.15, -0.1) is 0 Å². The van der Waals surface area contributed by atoms with Gasteiger partial charge in [-0.05, 0) is 45.4 Å². The maximum atomic E-state index is 12.4. The summed E-state index contributed by atoms with van der Waals surface area (Å²) < 4.78 is 5.15. The molecule has 0 radical (unpaired) electrons. The Morgan fingerprint density at radius 3 is 2.48 bits per heavy atom. The van der Waals surface area contributed by atoms with Gasteiger partial charge in [0.15, 0.2) is 0 Å². The van der Waals surface area contributed by atoms with Crippen LogP contribution in [0.1, 0.15) is 38.8 Å². The van der Waals surface area contributed by atoms with Gasteiger partial charge in [0.1, 0.15) is 12.1 Å². The SMILES string of the molecule is C[C@@H]1CN(Cc2ccc(C#N)cc2)CCN1C(=O)CNC(=O)OC(C)(C)C. The molecule has 146 valence electrons. The Hall–Kier alpha value is -2.59. The molecule has 1 aromatic carbocycles. The van der Waals surface area contributed by atoms with Crippen LogP contribution in [0.5, 0.6) is 0 Å². The second kappa shape index (κ2) is 8.87. The molecule has 7 nitrogen and oxygen atoms in total. The Balaban J connectivity index is 1.80. The number of hydrogen-bond donors (Lipinski definition) is 1. The number of piperazine rings is 1. The number of nitrogens with one attached hydrogen (secondary N) is 1. The maximum Gasteiger partial charge on any atom is 0.408 e. The fourth-order valence-corrected chi connectivity index (χ4v) is 3.05. The van der Waals surface area contributed by atoms with Crippen LogP contribution in [0, 0.1) is 11.3 Å². The third kappa shape index (κ3) is 6.57. The first-order valence-corrected chi connectivity index (χ1v) is 9.15. The highest BCUT2D eigenvalue weighted by Crippen LogP contribution is 2.14. The highest BCUT2D eigenvalue weighted by molar-refractivity contribution is 5.82. The van der Waals surface area contributed by atoms with Gasteiger partial charge in [-0.1, -0.05) is 12.1 Å². The molecule has 1 atom stereocenters. The van der Waals surface area contributed by atoms with Crippen LogP contribution in [0.25, 0.3) is 0 Å². The lowest BCUT2D eigenvalue weighted by Crippen LogP contribution is -2.55. The van der Waals surface area contributed by atoms with Crippen LogP contribution in [0.3, 0.4) is 0 Å². The number of alkyl carbamates (subject to hydrolysis) is 1. The second-order valence-corrected chi connectivity index (χ2v) is 7.84. The molecule has 0 spiro atoms. The first-order valence-electron chi connectivity index (χ1n) is 9.15. The molecule has 0 aliphatic carbocycles. The largest absolute Gasteiger partial charge is 0.444 e. The summed E-state index contributed by atoms with van der Waals surface area (Å²) in [6.45, 7) is 10.2. The van der Waals surface area contributed by atoms with E-state index in [9.17, 15) is 9.59 Å². The van der Waals surface area contributed by atoms with E-state index >= 15 is 0 Å². The third-order valence-corrected chi connectivity index (χ3v) is 4.30. The monoisotopic (exact) mass is 372 g/mol. The molecular formula is C20H28N4O3. The van der Waals surface area contributed by atoms with Crippen molar-refractivity contribution in [3.8, 4) is 6.07 Å². The predicted molar refractivity (Wildman–Crippen MR) is 102 cm³/mol. The van der Waals surface area contributed by atoms with Crippen molar-refractivity contribution in [3.63, 3.8) is 0 Å². The number of carbonyl (C=O) groups excluding carboxylic acids is 2. The zero-order valence-corrected chi connectivity index (χ0v) is 16.5. The number of carbonyl (C=O) groups is 2. The van der Waals surface area contributed by atoms with Gasteiger partial charge in [-0.25, -0.2) is 4.79 Å². The smallest absolute Gasteiger partial charge is 0.408 e. The number of benzene rings is 1. The molecule has 2 amide bonds. The van der Waals surface area contributed by atoms with Gasteiger partial charge >= 0.3 is 6.09 Å². The first-order chi connectivity index (χ1) is 12.7. The number of amides is 2. The summed E-state index contributed by atoms with van der Waals surface area (Å²) in [6.07, 6.45) is -0.581. The van der Waals surface area contributed by atoms with Crippen molar-refractivity contribution in [2.24, 2.45) is 0 Å². The van der Waals surface area contributed by atoms with Crippen LogP contribution in [0.4, 0.5) is 4.79 Å². The molecule has 1 saturated heterocycles. The number of nitriles is 1. The minimum atomic E-state index is -0.586. The van der Waals surface area contributed by atoms with E-state index in [2.05, 4.69) is 16.3 Å². The molecule has 1 N–H and O–H groups in total. The lowest BCUT2D eigenvalue weighted by Gasteiger charge is -2.40. The van der Waals surface area contributed by atoms with E-state index in [1.807, 2.05) is 31.2 Å². The maximum absolute atomic E-state index is 12.4. The number of hydrogen-bond acceptors (Lipinski definition) is 5. The topological polar surface area (TPSA) is 85.7 Å².